The van der Waals surface area contributed by atoms with Crippen molar-refractivity contribution >= 4 is 10.8 Å². The molecule has 0 fully saturated rings. The van der Waals surface area contributed by atoms with Crippen LogP contribution < -0.4 is 0 Å². The zero-order valence-corrected chi connectivity index (χ0v) is 13.1. The molecular weight excluding hydrogens is 268 g/mol. The normalized spacial score (nSPS) is 13.5. The predicted octanol–water partition coefficient (Wildman–Crippen LogP) is 5.41. The third kappa shape index (κ3) is 2.22. The van der Waals surface area contributed by atoms with E-state index in [2.05, 4.69) is 62.4 Å². The number of ether oxygens (including phenoxy) is 1. The first-order valence-corrected chi connectivity index (χ1v) is 7.98. The van der Waals surface area contributed by atoms with E-state index in [0.29, 0.717) is 13.2 Å². The van der Waals surface area contributed by atoms with Crippen molar-refractivity contribution in [1.29, 1.82) is 0 Å². The quantitative estimate of drug-likeness (QED) is 0.582. The molecule has 0 saturated heterocycles. The molecule has 0 amide bonds. The highest BCUT2D eigenvalue weighted by molar-refractivity contribution is 5.90. The number of rotatable bonds is 1. The van der Waals surface area contributed by atoms with Crippen LogP contribution in [0.4, 0.5) is 0 Å². The Morgan fingerprint density at radius 3 is 2.45 bits per heavy atom. The van der Waals surface area contributed by atoms with Gasteiger partial charge in [-0.1, -0.05) is 48.9 Å². The summed E-state index contributed by atoms with van der Waals surface area (Å²) in [5, 5.41) is 2.60. The highest BCUT2D eigenvalue weighted by Crippen LogP contribution is 2.35. The maximum Gasteiger partial charge on any atom is 0.0727 e. The monoisotopic (exact) mass is 288 g/mol. The summed E-state index contributed by atoms with van der Waals surface area (Å²) >= 11 is 0. The third-order valence-electron chi connectivity index (χ3n) is 4.60. The van der Waals surface area contributed by atoms with Crippen molar-refractivity contribution in [2.45, 2.75) is 33.5 Å². The van der Waals surface area contributed by atoms with E-state index in [0.717, 1.165) is 6.42 Å². The molecule has 0 atom stereocenters. The summed E-state index contributed by atoms with van der Waals surface area (Å²) in [6.07, 6.45) is 1.07. The topological polar surface area (TPSA) is 9.23 Å². The van der Waals surface area contributed by atoms with Crippen LogP contribution >= 0.6 is 0 Å². The first-order chi connectivity index (χ1) is 10.7. The minimum Gasteiger partial charge on any atom is -0.372 e. The highest BCUT2D eigenvalue weighted by Gasteiger charge is 2.16. The zero-order chi connectivity index (χ0) is 15.1. The highest BCUT2D eigenvalue weighted by atomic mass is 16.5. The van der Waals surface area contributed by atoms with E-state index in [9.17, 15) is 0 Å². The summed E-state index contributed by atoms with van der Waals surface area (Å²) in [5.41, 5.74) is 7.93. The molecule has 0 radical (unpaired) electrons. The minimum atomic E-state index is 0.690. The van der Waals surface area contributed by atoms with E-state index in [1.807, 2.05) is 0 Å². The first-order valence-electron chi connectivity index (χ1n) is 7.98. The summed E-state index contributed by atoms with van der Waals surface area (Å²) in [7, 11) is 0. The molecular formula is C21H20O. The fraction of sp³-hybridized carbons (Fsp3) is 0.238. The molecule has 1 aliphatic heterocycles. The van der Waals surface area contributed by atoms with Crippen LogP contribution in [0.2, 0.25) is 0 Å². The van der Waals surface area contributed by atoms with Crippen molar-refractivity contribution in [1.82, 2.24) is 0 Å². The summed E-state index contributed by atoms with van der Waals surface area (Å²) in [6.45, 7) is 5.73. The molecule has 1 aliphatic rings. The lowest BCUT2D eigenvalue weighted by atomic mass is 9.92. The molecule has 1 nitrogen and oxygen atoms in total. The third-order valence-corrected chi connectivity index (χ3v) is 4.60. The maximum atomic E-state index is 5.93. The molecule has 0 N–H and O–H groups in total. The molecule has 3 aromatic rings. The number of hydrogen-bond donors (Lipinski definition) is 0. The van der Waals surface area contributed by atoms with Crippen LogP contribution in [0.3, 0.4) is 0 Å². The van der Waals surface area contributed by atoms with E-state index in [-0.39, 0.29) is 0 Å². The molecule has 0 saturated carbocycles. The van der Waals surface area contributed by atoms with Crippen LogP contribution in [-0.2, 0) is 24.4 Å². The molecule has 1 heteroatoms. The fourth-order valence-corrected chi connectivity index (χ4v) is 3.35. The van der Waals surface area contributed by atoms with Crippen molar-refractivity contribution in [3.8, 4) is 11.1 Å². The number of fused-ring (bicyclic) bond motifs is 4. The molecule has 0 spiro atoms. The summed E-state index contributed by atoms with van der Waals surface area (Å²) < 4.78 is 5.93. The number of aryl methyl sites for hydroxylation is 2. The van der Waals surface area contributed by atoms with Gasteiger partial charge in [0.1, 0.15) is 0 Å². The van der Waals surface area contributed by atoms with Crippen LogP contribution in [-0.4, -0.2) is 0 Å². The second kappa shape index (κ2) is 5.26. The molecule has 0 aromatic heterocycles. The van der Waals surface area contributed by atoms with Gasteiger partial charge in [-0.15, -0.1) is 0 Å². The second-order valence-corrected chi connectivity index (χ2v) is 6.20. The van der Waals surface area contributed by atoms with Crippen molar-refractivity contribution < 1.29 is 4.74 Å². The molecule has 0 bridgehead atoms. The Morgan fingerprint density at radius 1 is 0.818 bits per heavy atom. The Labute approximate surface area is 131 Å². The molecule has 110 valence electrons. The van der Waals surface area contributed by atoms with Gasteiger partial charge in [0.25, 0.3) is 0 Å². The van der Waals surface area contributed by atoms with E-state index in [4.69, 9.17) is 4.74 Å². The van der Waals surface area contributed by atoms with E-state index >= 15 is 0 Å². The van der Waals surface area contributed by atoms with Crippen LogP contribution in [0.1, 0.15) is 29.2 Å². The largest absolute Gasteiger partial charge is 0.372 e. The summed E-state index contributed by atoms with van der Waals surface area (Å²) in [4.78, 5) is 0. The lowest BCUT2D eigenvalue weighted by Gasteiger charge is -2.12. The summed E-state index contributed by atoms with van der Waals surface area (Å²) in [5.74, 6) is 0. The van der Waals surface area contributed by atoms with Gasteiger partial charge in [-0.05, 0) is 64.1 Å². The predicted molar refractivity (Wildman–Crippen MR) is 92.0 cm³/mol. The lowest BCUT2D eigenvalue weighted by molar-refractivity contribution is 0.110. The summed E-state index contributed by atoms with van der Waals surface area (Å²) in [6, 6.07) is 18.1. The smallest absolute Gasteiger partial charge is 0.0727 e. The van der Waals surface area contributed by atoms with Gasteiger partial charge in [-0.3, -0.25) is 0 Å². The molecule has 0 aliphatic carbocycles. The molecule has 0 unspecified atom stereocenters. The van der Waals surface area contributed by atoms with Gasteiger partial charge in [0.15, 0.2) is 0 Å². The standard InChI is InChI=1S/C21H20O/c1-3-15-5-7-20-18(9-15)12-22-13-19-10-17-8-14(2)4-6-16(17)11-21(19)20/h4-11H,3,12-13H2,1-2H3. The first kappa shape index (κ1) is 13.5. The zero-order valence-electron chi connectivity index (χ0n) is 13.1. The Kier molecular flexibility index (Phi) is 3.24. The lowest BCUT2D eigenvalue weighted by Crippen LogP contribution is -1.92. The van der Waals surface area contributed by atoms with Gasteiger partial charge >= 0.3 is 0 Å². The molecule has 4 rings (SSSR count). The van der Waals surface area contributed by atoms with Crippen LogP contribution in [0.5, 0.6) is 0 Å². The van der Waals surface area contributed by atoms with E-state index in [1.165, 1.54) is 44.2 Å². The Morgan fingerprint density at radius 2 is 1.64 bits per heavy atom. The van der Waals surface area contributed by atoms with Gasteiger partial charge in [-0.25, -0.2) is 0 Å². The average Bonchev–Trinajstić information content (AvgIpc) is 2.71. The Bertz CT molecular complexity index is 861. The van der Waals surface area contributed by atoms with Crippen molar-refractivity contribution in [3.63, 3.8) is 0 Å². The number of hydrogen-bond acceptors (Lipinski definition) is 1. The molecule has 1 heterocycles. The average molecular weight is 288 g/mol. The van der Waals surface area contributed by atoms with E-state index in [1.54, 1.807) is 0 Å². The van der Waals surface area contributed by atoms with Crippen molar-refractivity contribution in [3.05, 3.63) is 70.8 Å². The molecule has 22 heavy (non-hydrogen) atoms. The Hall–Kier alpha value is -2.12. The fourth-order valence-electron chi connectivity index (χ4n) is 3.35. The van der Waals surface area contributed by atoms with Crippen LogP contribution in [0.25, 0.3) is 21.9 Å². The second-order valence-electron chi connectivity index (χ2n) is 6.20. The van der Waals surface area contributed by atoms with Crippen LogP contribution in [0, 0.1) is 6.92 Å². The van der Waals surface area contributed by atoms with Gasteiger partial charge in [0.05, 0.1) is 13.2 Å². The van der Waals surface area contributed by atoms with E-state index < -0.39 is 0 Å². The van der Waals surface area contributed by atoms with Gasteiger partial charge < -0.3 is 4.74 Å². The number of benzene rings is 3. The van der Waals surface area contributed by atoms with Crippen molar-refractivity contribution in [2.75, 3.05) is 0 Å². The van der Waals surface area contributed by atoms with Crippen molar-refractivity contribution in [2.24, 2.45) is 0 Å². The van der Waals surface area contributed by atoms with Crippen LogP contribution in [0.15, 0.2) is 48.5 Å². The van der Waals surface area contributed by atoms with Gasteiger partial charge in [0, 0.05) is 0 Å². The van der Waals surface area contributed by atoms with Gasteiger partial charge in [0.2, 0.25) is 0 Å². The minimum absolute atomic E-state index is 0.690. The SMILES string of the molecule is CCc1ccc2c(c1)COCc1cc3cc(C)ccc3cc1-2. The van der Waals surface area contributed by atoms with Gasteiger partial charge in [-0.2, -0.15) is 0 Å². The molecule has 3 aromatic carbocycles. The Balaban J connectivity index is 1.97. The maximum absolute atomic E-state index is 5.93.